The second-order valence-corrected chi connectivity index (χ2v) is 4.77. The Balaban J connectivity index is 3.83. The molecular formula is C13H28N2O. The summed E-state index contributed by atoms with van der Waals surface area (Å²) >= 11 is 0. The third kappa shape index (κ3) is 6.11. The highest BCUT2D eigenvalue weighted by molar-refractivity contribution is 5.75. The molecule has 16 heavy (non-hydrogen) atoms. The van der Waals surface area contributed by atoms with Crippen LogP contribution in [-0.2, 0) is 4.79 Å². The molecule has 1 N–H and O–H groups in total. The molecule has 2 unspecified atom stereocenters. The minimum atomic E-state index is 0.200. The van der Waals surface area contributed by atoms with Crippen LogP contribution in [0, 0.1) is 5.92 Å². The molecule has 0 heterocycles. The molecule has 0 bridgehead atoms. The Morgan fingerprint density at radius 3 is 2.38 bits per heavy atom. The topological polar surface area (TPSA) is 32.3 Å². The number of nitrogens with zero attached hydrogens (tertiary/aromatic N) is 1. The third-order valence-corrected chi connectivity index (χ3v) is 3.11. The van der Waals surface area contributed by atoms with Crippen molar-refractivity contribution in [2.75, 3.05) is 20.6 Å². The Morgan fingerprint density at radius 2 is 1.94 bits per heavy atom. The minimum Gasteiger partial charge on any atom is -0.349 e. The van der Waals surface area contributed by atoms with Gasteiger partial charge in [0, 0.05) is 33.1 Å². The highest BCUT2D eigenvalue weighted by Gasteiger charge is 2.14. The van der Waals surface area contributed by atoms with Gasteiger partial charge in [0.2, 0.25) is 5.91 Å². The molecule has 1 amide bonds. The zero-order valence-corrected chi connectivity index (χ0v) is 11.5. The first kappa shape index (κ1) is 15.4. The molecule has 96 valence electrons. The second kappa shape index (κ2) is 8.57. The molecule has 0 aliphatic rings. The minimum absolute atomic E-state index is 0.200. The Morgan fingerprint density at radius 1 is 1.31 bits per heavy atom. The number of nitrogens with one attached hydrogen (secondary N) is 1. The Bertz CT molecular complexity index is 192. The first-order valence-electron chi connectivity index (χ1n) is 6.46. The van der Waals surface area contributed by atoms with Crippen molar-refractivity contribution in [2.45, 2.75) is 52.5 Å². The normalized spacial score (nSPS) is 14.6. The number of amides is 1. The van der Waals surface area contributed by atoms with E-state index in [1.54, 1.807) is 19.0 Å². The summed E-state index contributed by atoms with van der Waals surface area (Å²) in [6.45, 7) is 7.51. The van der Waals surface area contributed by atoms with E-state index in [4.69, 9.17) is 0 Å². The third-order valence-electron chi connectivity index (χ3n) is 3.11. The molecule has 0 fully saturated rings. The summed E-state index contributed by atoms with van der Waals surface area (Å²) in [6.07, 6.45) is 4.22. The van der Waals surface area contributed by atoms with Crippen molar-refractivity contribution in [3.8, 4) is 0 Å². The molecule has 0 aliphatic heterocycles. The summed E-state index contributed by atoms with van der Waals surface area (Å²) in [6, 6.07) is 0.551. The lowest BCUT2D eigenvalue weighted by Crippen LogP contribution is -2.37. The van der Waals surface area contributed by atoms with Crippen LogP contribution in [0.25, 0.3) is 0 Å². The van der Waals surface area contributed by atoms with E-state index in [2.05, 4.69) is 26.1 Å². The molecule has 0 spiro atoms. The van der Waals surface area contributed by atoms with Gasteiger partial charge in [-0.1, -0.05) is 27.2 Å². The van der Waals surface area contributed by atoms with E-state index in [9.17, 15) is 4.79 Å². The molecule has 2 atom stereocenters. The first-order chi connectivity index (χ1) is 7.52. The van der Waals surface area contributed by atoms with E-state index in [0.29, 0.717) is 18.4 Å². The molecule has 0 aromatic heterocycles. The van der Waals surface area contributed by atoms with Crippen molar-refractivity contribution < 1.29 is 4.79 Å². The van der Waals surface area contributed by atoms with Crippen molar-refractivity contribution in [1.82, 2.24) is 10.2 Å². The predicted octanol–water partition coefficient (Wildman–Crippen LogP) is 2.27. The van der Waals surface area contributed by atoms with Crippen molar-refractivity contribution in [3.63, 3.8) is 0 Å². The average Bonchev–Trinajstić information content (AvgIpc) is 2.24. The van der Waals surface area contributed by atoms with Crippen LogP contribution < -0.4 is 5.32 Å². The van der Waals surface area contributed by atoms with Gasteiger partial charge in [0.15, 0.2) is 0 Å². The molecule has 0 saturated carbocycles. The fourth-order valence-electron chi connectivity index (χ4n) is 1.99. The van der Waals surface area contributed by atoms with Crippen LogP contribution in [0.2, 0.25) is 0 Å². The number of hydrogen-bond donors (Lipinski definition) is 1. The standard InChI is InChI=1S/C13H28N2O/c1-6-8-11(3)12(7-2)14-10-9-13(16)15(4)5/h11-12,14H,6-10H2,1-5H3. The number of carbonyl (C=O) groups excluding carboxylic acids is 1. The van der Waals surface area contributed by atoms with Gasteiger partial charge in [-0.2, -0.15) is 0 Å². The van der Waals surface area contributed by atoms with Gasteiger partial charge < -0.3 is 10.2 Å². The SMILES string of the molecule is CCCC(C)C(CC)NCCC(=O)N(C)C. The van der Waals surface area contributed by atoms with Crippen LogP contribution in [0.1, 0.15) is 46.5 Å². The molecule has 0 radical (unpaired) electrons. The smallest absolute Gasteiger partial charge is 0.223 e. The summed E-state index contributed by atoms with van der Waals surface area (Å²) in [5, 5.41) is 3.49. The lowest BCUT2D eigenvalue weighted by atomic mass is 9.95. The summed E-state index contributed by atoms with van der Waals surface area (Å²) in [5.74, 6) is 0.898. The van der Waals surface area contributed by atoms with Gasteiger partial charge in [-0.05, 0) is 18.8 Å². The van der Waals surface area contributed by atoms with Gasteiger partial charge in [-0.15, -0.1) is 0 Å². The second-order valence-electron chi connectivity index (χ2n) is 4.77. The van der Waals surface area contributed by atoms with E-state index in [1.807, 2.05) is 0 Å². The Labute approximate surface area is 101 Å². The maximum Gasteiger partial charge on any atom is 0.223 e. The first-order valence-corrected chi connectivity index (χ1v) is 6.46. The fraction of sp³-hybridized carbons (Fsp3) is 0.923. The van der Waals surface area contributed by atoms with Crippen molar-refractivity contribution in [3.05, 3.63) is 0 Å². The van der Waals surface area contributed by atoms with Crippen LogP contribution >= 0.6 is 0 Å². The highest BCUT2D eigenvalue weighted by Crippen LogP contribution is 2.13. The Hall–Kier alpha value is -0.570. The van der Waals surface area contributed by atoms with Crippen LogP contribution in [0.4, 0.5) is 0 Å². The molecular weight excluding hydrogens is 200 g/mol. The predicted molar refractivity (Wildman–Crippen MR) is 69.5 cm³/mol. The quantitative estimate of drug-likeness (QED) is 0.691. The van der Waals surface area contributed by atoms with Gasteiger partial charge in [-0.25, -0.2) is 0 Å². The average molecular weight is 228 g/mol. The van der Waals surface area contributed by atoms with Crippen molar-refractivity contribution >= 4 is 5.91 Å². The molecule has 0 aromatic rings. The summed E-state index contributed by atoms with van der Waals surface area (Å²) < 4.78 is 0. The highest BCUT2D eigenvalue weighted by atomic mass is 16.2. The van der Waals surface area contributed by atoms with E-state index < -0.39 is 0 Å². The maximum absolute atomic E-state index is 11.4. The fourth-order valence-corrected chi connectivity index (χ4v) is 1.99. The zero-order chi connectivity index (χ0) is 12.6. The van der Waals surface area contributed by atoms with Crippen molar-refractivity contribution in [2.24, 2.45) is 5.92 Å². The zero-order valence-electron chi connectivity index (χ0n) is 11.5. The molecule has 0 saturated heterocycles. The van der Waals surface area contributed by atoms with Crippen molar-refractivity contribution in [1.29, 1.82) is 0 Å². The molecule has 0 aromatic carbocycles. The van der Waals surface area contributed by atoms with Gasteiger partial charge in [0.1, 0.15) is 0 Å². The van der Waals surface area contributed by atoms with Gasteiger partial charge >= 0.3 is 0 Å². The van der Waals surface area contributed by atoms with E-state index in [-0.39, 0.29) is 5.91 Å². The Kier molecular flexibility index (Phi) is 8.26. The van der Waals surface area contributed by atoms with Crippen LogP contribution in [0.15, 0.2) is 0 Å². The molecule has 0 rings (SSSR count). The largest absolute Gasteiger partial charge is 0.349 e. The van der Waals surface area contributed by atoms with Gasteiger partial charge in [-0.3, -0.25) is 4.79 Å². The van der Waals surface area contributed by atoms with Crippen LogP contribution in [0.5, 0.6) is 0 Å². The van der Waals surface area contributed by atoms with Gasteiger partial charge in [0.25, 0.3) is 0 Å². The maximum atomic E-state index is 11.4. The van der Waals surface area contributed by atoms with Crippen LogP contribution in [0.3, 0.4) is 0 Å². The van der Waals surface area contributed by atoms with E-state index >= 15 is 0 Å². The van der Waals surface area contributed by atoms with Crippen LogP contribution in [-0.4, -0.2) is 37.5 Å². The summed E-state index contributed by atoms with van der Waals surface area (Å²) in [5.41, 5.74) is 0. The van der Waals surface area contributed by atoms with Gasteiger partial charge in [0.05, 0.1) is 0 Å². The molecule has 0 aliphatic carbocycles. The lowest BCUT2D eigenvalue weighted by Gasteiger charge is -2.24. The number of carbonyl (C=O) groups is 1. The number of hydrogen-bond acceptors (Lipinski definition) is 2. The summed E-state index contributed by atoms with van der Waals surface area (Å²) in [4.78, 5) is 13.0. The molecule has 3 heteroatoms. The summed E-state index contributed by atoms with van der Waals surface area (Å²) in [7, 11) is 3.61. The van der Waals surface area contributed by atoms with E-state index in [0.717, 1.165) is 13.0 Å². The molecule has 3 nitrogen and oxygen atoms in total. The van der Waals surface area contributed by atoms with E-state index in [1.165, 1.54) is 12.8 Å². The lowest BCUT2D eigenvalue weighted by molar-refractivity contribution is -0.128. The number of rotatable bonds is 8. The monoisotopic (exact) mass is 228 g/mol.